The van der Waals surface area contributed by atoms with Gasteiger partial charge in [-0.05, 0) is 44.5 Å². The van der Waals surface area contributed by atoms with Crippen molar-refractivity contribution in [1.29, 1.82) is 0 Å². The van der Waals surface area contributed by atoms with Gasteiger partial charge in [0.1, 0.15) is 18.5 Å². The van der Waals surface area contributed by atoms with Gasteiger partial charge in [-0.25, -0.2) is 9.98 Å². The summed E-state index contributed by atoms with van der Waals surface area (Å²) in [6.07, 6.45) is 1.70. The van der Waals surface area contributed by atoms with Gasteiger partial charge in [0.2, 0.25) is 5.88 Å². The normalized spacial score (nSPS) is 12.3. The van der Waals surface area contributed by atoms with Crippen molar-refractivity contribution in [3.63, 3.8) is 0 Å². The van der Waals surface area contributed by atoms with Crippen LogP contribution in [0.2, 0.25) is 0 Å². The van der Waals surface area contributed by atoms with Crippen molar-refractivity contribution in [1.82, 2.24) is 15.6 Å². The van der Waals surface area contributed by atoms with E-state index < -0.39 is 0 Å². The van der Waals surface area contributed by atoms with Gasteiger partial charge >= 0.3 is 0 Å². The van der Waals surface area contributed by atoms with Crippen LogP contribution in [0, 0.1) is 6.92 Å². The molecule has 0 aliphatic heterocycles. The highest BCUT2D eigenvalue weighted by Crippen LogP contribution is 2.16. The van der Waals surface area contributed by atoms with Crippen LogP contribution in [-0.2, 0) is 11.3 Å². The number of methoxy groups -OCH3 is 1. The Balaban J connectivity index is 1.92. The fraction of sp³-hybridized carbons (Fsp3) is 0.455. The summed E-state index contributed by atoms with van der Waals surface area (Å²) < 4.78 is 16.7. The van der Waals surface area contributed by atoms with Crippen molar-refractivity contribution in [2.24, 2.45) is 4.99 Å². The number of hydrogen-bond donors (Lipinski definition) is 2. The van der Waals surface area contributed by atoms with Crippen LogP contribution in [0.3, 0.4) is 0 Å². The van der Waals surface area contributed by atoms with Gasteiger partial charge in [-0.15, -0.1) is 0 Å². The van der Waals surface area contributed by atoms with Crippen LogP contribution in [0.15, 0.2) is 47.6 Å². The minimum atomic E-state index is -0.00742. The molecule has 1 heterocycles. The summed E-state index contributed by atoms with van der Waals surface area (Å²) in [4.78, 5) is 8.95. The smallest absolute Gasteiger partial charge is 0.218 e. The number of guanidine groups is 1. The Hall–Kier alpha value is -2.80. The molecule has 0 fully saturated rings. The minimum Gasteiger partial charge on any atom is -0.489 e. The Labute approximate surface area is 173 Å². The van der Waals surface area contributed by atoms with Crippen molar-refractivity contribution in [2.75, 3.05) is 33.4 Å². The maximum Gasteiger partial charge on any atom is 0.218 e. The molecule has 0 radical (unpaired) electrons. The number of nitrogens with zero attached hydrogens (tertiary/aromatic N) is 2. The van der Waals surface area contributed by atoms with Crippen molar-refractivity contribution in [3.8, 4) is 11.6 Å². The molecular weight excluding hydrogens is 368 g/mol. The molecular formula is C22H32N4O3. The molecule has 0 amide bonds. The molecule has 1 atom stereocenters. The summed E-state index contributed by atoms with van der Waals surface area (Å²) in [5.74, 6) is 2.17. The van der Waals surface area contributed by atoms with Gasteiger partial charge in [0.25, 0.3) is 0 Å². The highest BCUT2D eigenvalue weighted by atomic mass is 16.5. The second-order valence-corrected chi connectivity index (χ2v) is 6.63. The number of aliphatic imine (C=N–C) groups is 1. The lowest BCUT2D eigenvalue weighted by Gasteiger charge is -2.18. The third-order valence-corrected chi connectivity index (χ3v) is 4.01. The van der Waals surface area contributed by atoms with E-state index in [0.717, 1.165) is 23.8 Å². The predicted molar refractivity (Wildman–Crippen MR) is 116 cm³/mol. The first kappa shape index (κ1) is 22.5. The van der Waals surface area contributed by atoms with Gasteiger partial charge in [-0.1, -0.05) is 18.2 Å². The van der Waals surface area contributed by atoms with Gasteiger partial charge in [-0.3, -0.25) is 0 Å². The highest BCUT2D eigenvalue weighted by molar-refractivity contribution is 5.79. The van der Waals surface area contributed by atoms with Gasteiger partial charge in [-0.2, -0.15) is 0 Å². The standard InChI is InChI=1S/C22H32N4O3/c1-5-23-22(25-15-18(3)29-20-10-6-8-17(2)14-20)26-16-19-9-7-11-24-21(19)28-13-12-27-4/h6-11,14,18H,5,12-13,15-16H2,1-4H3,(H2,23,25,26). The number of rotatable bonds is 11. The maximum atomic E-state index is 5.97. The van der Waals surface area contributed by atoms with Crippen LogP contribution in [0.1, 0.15) is 25.0 Å². The molecule has 0 bridgehead atoms. The largest absolute Gasteiger partial charge is 0.489 e. The lowest BCUT2D eigenvalue weighted by Crippen LogP contribution is -2.41. The Morgan fingerprint density at radius 3 is 2.79 bits per heavy atom. The molecule has 0 spiro atoms. The number of aryl methyl sites for hydroxylation is 1. The Kier molecular flexibility index (Phi) is 9.78. The summed E-state index contributed by atoms with van der Waals surface area (Å²) in [5, 5.41) is 6.59. The predicted octanol–water partition coefficient (Wildman–Crippen LogP) is 2.94. The Morgan fingerprint density at radius 1 is 1.17 bits per heavy atom. The Bertz CT molecular complexity index is 767. The Morgan fingerprint density at radius 2 is 2.03 bits per heavy atom. The van der Waals surface area contributed by atoms with E-state index in [9.17, 15) is 0 Å². The number of pyridine rings is 1. The molecule has 2 aromatic rings. The van der Waals surface area contributed by atoms with Gasteiger partial charge < -0.3 is 24.8 Å². The van der Waals surface area contributed by atoms with Crippen LogP contribution in [0.4, 0.5) is 0 Å². The minimum absolute atomic E-state index is 0.00742. The summed E-state index contributed by atoms with van der Waals surface area (Å²) in [6, 6.07) is 11.9. The maximum absolute atomic E-state index is 5.97. The molecule has 0 aliphatic rings. The van der Waals surface area contributed by atoms with Crippen molar-refractivity contribution in [2.45, 2.75) is 33.4 Å². The molecule has 1 aromatic heterocycles. The van der Waals surface area contributed by atoms with Gasteiger partial charge in [0, 0.05) is 25.4 Å². The molecule has 158 valence electrons. The number of hydrogen-bond acceptors (Lipinski definition) is 5. The van der Waals surface area contributed by atoms with E-state index in [1.165, 1.54) is 5.56 Å². The van der Waals surface area contributed by atoms with E-state index in [-0.39, 0.29) is 6.10 Å². The third-order valence-electron chi connectivity index (χ3n) is 4.01. The first-order chi connectivity index (χ1) is 14.1. The number of benzene rings is 1. The topological polar surface area (TPSA) is 77.0 Å². The summed E-state index contributed by atoms with van der Waals surface area (Å²) in [7, 11) is 1.64. The molecule has 2 rings (SSSR count). The second kappa shape index (κ2) is 12.6. The van der Waals surface area contributed by atoms with Crippen LogP contribution >= 0.6 is 0 Å². The molecule has 2 N–H and O–H groups in total. The molecule has 7 heteroatoms. The van der Waals surface area contributed by atoms with Crippen molar-refractivity contribution >= 4 is 5.96 Å². The molecule has 1 unspecified atom stereocenters. The lowest BCUT2D eigenvalue weighted by atomic mass is 10.2. The summed E-state index contributed by atoms with van der Waals surface area (Å²) in [5.41, 5.74) is 2.10. The zero-order valence-corrected chi connectivity index (χ0v) is 17.8. The van der Waals surface area contributed by atoms with Crippen molar-refractivity contribution in [3.05, 3.63) is 53.7 Å². The van der Waals surface area contributed by atoms with E-state index in [1.54, 1.807) is 13.3 Å². The average molecular weight is 401 g/mol. The van der Waals surface area contributed by atoms with E-state index in [4.69, 9.17) is 14.2 Å². The quantitative estimate of drug-likeness (QED) is 0.343. The highest BCUT2D eigenvalue weighted by Gasteiger charge is 2.08. The first-order valence-corrected chi connectivity index (χ1v) is 9.93. The van der Waals surface area contributed by atoms with Gasteiger partial charge in [0.15, 0.2) is 5.96 Å². The summed E-state index contributed by atoms with van der Waals surface area (Å²) in [6.45, 7) is 8.94. The molecule has 7 nitrogen and oxygen atoms in total. The van der Waals surface area contributed by atoms with E-state index in [0.29, 0.717) is 32.2 Å². The van der Waals surface area contributed by atoms with E-state index in [2.05, 4.69) is 33.6 Å². The van der Waals surface area contributed by atoms with E-state index in [1.807, 2.05) is 44.2 Å². The number of aromatic nitrogens is 1. The van der Waals surface area contributed by atoms with Crippen LogP contribution < -0.4 is 20.1 Å². The lowest BCUT2D eigenvalue weighted by molar-refractivity contribution is 0.143. The second-order valence-electron chi connectivity index (χ2n) is 6.63. The number of nitrogens with one attached hydrogen (secondary N) is 2. The summed E-state index contributed by atoms with van der Waals surface area (Å²) >= 11 is 0. The zero-order chi connectivity index (χ0) is 20.9. The molecule has 0 saturated heterocycles. The molecule has 29 heavy (non-hydrogen) atoms. The van der Waals surface area contributed by atoms with Crippen molar-refractivity contribution < 1.29 is 14.2 Å². The van der Waals surface area contributed by atoms with Crippen LogP contribution in [-0.4, -0.2) is 50.5 Å². The van der Waals surface area contributed by atoms with E-state index >= 15 is 0 Å². The monoisotopic (exact) mass is 400 g/mol. The zero-order valence-electron chi connectivity index (χ0n) is 17.8. The SMILES string of the molecule is CCNC(=NCc1cccnc1OCCOC)NCC(C)Oc1cccc(C)c1. The fourth-order valence-electron chi connectivity index (χ4n) is 2.61. The average Bonchev–Trinajstić information content (AvgIpc) is 2.71. The molecule has 0 aliphatic carbocycles. The first-order valence-electron chi connectivity index (χ1n) is 9.93. The fourth-order valence-corrected chi connectivity index (χ4v) is 2.61. The van der Waals surface area contributed by atoms with Gasteiger partial charge in [0.05, 0.1) is 19.7 Å². The molecule has 0 saturated carbocycles. The molecule has 1 aromatic carbocycles. The number of ether oxygens (including phenoxy) is 3. The van der Waals surface area contributed by atoms with Crippen LogP contribution in [0.25, 0.3) is 0 Å². The third kappa shape index (κ3) is 8.39. The van der Waals surface area contributed by atoms with Crippen LogP contribution in [0.5, 0.6) is 11.6 Å².